The van der Waals surface area contributed by atoms with Crippen LogP contribution in [0, 0.1) is 0 Å². The van der Waals surface area contributed by atoms with Gasteiger partial charge in [-0.1, -0.05) is 0 Å². The van der Waals surface area contributed by atoms with Gasteiger partial charge in [-0.25, -0.2) is 0 Å². The molecule has 4 nitrogen and oxygen atoms in total. The van der Waals surface area contributed by atoms with Crippen molar-refractivity contribution in [1.82, 2.24) is 8.05 Å². The fourth-order valence-corrected chi connectivity index (χ4v) is 0.739. The van der Waals surface area contributed by atoms with E-state index in [0.717, 1.165) is 0 Å². The van der Waals surface area contributed by atoms with Crippen molar-refractivity contribution >= 4 is 30.7 Å². The number of hydrogen-bond acceptors (Lipinski definition) is 2. The van der Waals surface area contributed by atoms with E-state index in [1.165, 1.54) is 0 Å². The molecular weight excluding hydrogens is 154 g/mol. The Morgan fingerprint density at radius 3 is 1.86 bits per heavy atom. The van der Waals surface area contributed by atoms with Crippen LogP contribution in [-0.2, 0) is 9.59 Å². The van der Waals surface area contributed by atoms with E-state index in [1.807, 2.05) is 0 Å². The molecule has 5 heteroatoms. The number of amides is 2. The molecule has 0 aliphatic carbocycles. The molecule has 2 amide bonds. The molecule has 0 radical (unpaired) electrons. The molecule has 38 valence electrons. The molecule has 0 saturated heterocycles. The van der Waals surface area contributed by atoms with Crippen molar-refractivity contribution in [3.8, 4) is 0 Å². The van der Waals surface area contributed by atoms with E-state index in [2.05, 4.69) is 8.05 Å². The van der Waals surface area contributed by atoms with E-state index < -0.39 is 17.9 Å². The third-order valence-corrected chi connectivity index (χ3v) is 1.93. The number of nitrogens with one attached hydrogen (secondary N) is 2. The van der Waals surface area contributed by atoms with Gasteiger partial charge in [-0.05, 0) is 0 Å². The quantitative estimate of drug-likeness (QED) is 0.276. The van der Waals surface area contributed by atoms with Crippen LogP contribution in [0.5, 0.6) is 0 Å². The molecule has 0 spiro atoms. The Hall–Kier alpha value is -0.424. The van der Waals surface area contributed by atoms with Gasteiger partial charge in [0, 0.05) is 0 Å². The van der Waals surface area contributed by atoms with Crippen molar-refractivity contribution in [2.24, 2.45) is 0 Å². The zero-order valence-corrected chi connectivity index (χ0v) is 6.65. The van der Waals surface area contributed by atoms with Gasteiger partial charge in [0.2, 0.25) is 0 Å². The van der Waals surface area contributed by atoms with E-state index in [0.29, 0.717) is 12.8 Å². The summed E-state index contributed by atoms with van der Waals surface area (Å²) in [6, 6.07) is 0. The van der Waals surface area contributed by atoms with Crippen LogP contribution in [0.4, 0.5) is 0 Å². The number of rotatable bonds is 4. The van der Waals surface area contributed by atoms with Crippen LogP contribution in [0.15, 0.2) is 0 Å². The molecular formula is C2H5GaN2O2. The van der Waals surface area contributed by atoms with Crippen molar-refractivity contribution in [2.75, 3.05) is 0 Å². The molecule has 2 N–H and O–H groups in total. The molecule has 0 rings (SSSR count). The van der Waals surface area contributed by atoms with Gasteiger partial charge < -0.3 is 0 Å². The minimum atomic E-state index is -1.18. The van der Waals surface area contributed by atoms with Crippen molar-refractivity contribution in [2.45, 2.75) is 0 Å². The summed E-state index contributed by atoms with van der Waals surface area (Å²) < 4.78 is 4.83. The Morgan fingerprint density at radius 2 is 1.57 bits per heavy atom. The first kappa shape index (κ1) is 6.58. The molecule has 0 aromatic rings. The van der Waals surface area contributed by atoms with Crippen LogP contribution in [0.2, 0.25) is 0 Å². The Balaban J connectivity index is 2.68. The van der Waals surface area contributed by atoms with Crippen molar-refractivity contribution < 1.29 is 9.59 Å². The fourth-order valence-electron chi connectivity index (χ4n) is 0.142. The molecule has 0 bridgehead atoms. The van der Waals surface area contributed by atoms with E-state index in [-0.39, 0.29) is 0 Å². The zero-order chi connectivity index (χ0) is 5.54. The van der Waals surface area contributed by atoms with Crippen molar-refractivity contribution in [3.05, 3.63) is 0 Å². The number of hydrogen-bond donors (Lipinski definition) is 2. The minimum absolute atomic E-state index is 0.594. The summed E-state index contributed by atoms with van der Waals surface area (Å²) >= 11 is -1.18. The first-order valence-electron chi connectivity index (χ1n) is 1.76. The summed E-state index contributed by atoms with van der Waals surface area (Å²) in [5.74, 6) is 0. The Morgan fingerprint density at radius 1 is 1.14 bits per heavy atom. The predicted molar refractivity (Wildman–Crippen MR) is 25.5 cm³/mol. The predicted octanol–water partition coefficient (Wildman–Crippen LogP) is -2.26. The standard InChI is InChI=1S/2CH3NO.Ga.H/c2*2-1-3;;/h2*1H,(H2,2,3);;/q;;+2;/p-2. The molecule has 0 aromatic heterocycles. The van der Waals surface area contributed by atoms with E-state index in [4.69, 9.17) is 0 Å². The van der Waals surface area contributed by atoms with Gasteiger partial charge in [-0.15, -0.1) is 0 Å². The number of carbonyl (C=O) groups excluding carboxylic acids is 2. The normalized spacial score (nSPS) is 6.29. The molecule has 0 heterocycles. The van der Waals surface area contributed by atoms with Crippen molar-refractivity contribution in [3.63, 3.8) is 0 Å². The molecule has 0 unspecified atom stereocenters. The van der Waals surface area contributed by atoms with Crippen LogP contribution in [0.25, 0.3) is 0 Å². The average molecular weight is 159 g/mol. The second-order valence-corrected chi connectivity index (χ2v) is 3.28. The maximum atomic E-state index is 9.46. The molecule has 7 heavy (non-hydrogen) atoms. The van der Waals surface area contributed by atoms with E-state index in [9.17, 15) is 9.59 Å². The third kappa shape index (κ3) is 5.58. The van der Waals surface area contributed by atoms with Crippen LogP contribution < -0.4 is 8.05 Å². The van der Waals surface area contributed by atoms with E-state index in [1.54, 1.807) is 0 Å². The molecule has 0 aliphatic rings. The van der Waals surface area contributed by atoms with Gasteiger partial charge in [0.1, 0.15) is 0 Å². The molecule has 0 fully saturated rings. The Labute approximate surface area is 49.0 Å². The molecule has 0 aromatic carbocycles. The molecule has 0 atom stereocenters. The van der Waals surface area contributed by atoms with Gasteiger partial charge >= 0.3 is 48.3 Å². The van der Waals surface area contributed by atoms with Crippen LogP contribution >= 0.6 is 0 Å². The fraction of sp³-hybridized carbons (Fsp3) is 0. The van der Waals surface area contributed by atoms with Gasteiger partial charge in [0.15, 0.2) is 0 Å². The van der Waals surface area contributed by atoms with Crippen LogP contribution in [0.1, 0.15) is 0 Å². The second-order valence-electron chi connectivity index (χ2n) is 0.821. The summed E-state index contributed by atoms with van der Waals surface area (Å²) in [6.07, 6.45) is 1.19. The summed E-state index contributed by atoms with van der Waals surface area (Å²) in [6.45, 7) is 0. The van der Waals surface area contributed by atoms with E-state index >= 15 is 0 Å². The maximum absolute atomic E-state index is 9.46. The third-order valence-electron chi connectivity index (χ3n) is 0.371. The Bertz CT molecular complexity index is 58.7. The second kappa shape index (κ2) is 5.58. The van der Waals surface area contributed by atoms with Gasteiger partial charge in [-0.3, -0.25) is 0 Å². The van der Waals surface area contributed by atoms with Crippen molar-refractivity contribution in [1.29, 1.82) is 0 Å². The molecule has 0 saturated carbocycles. The monoisotopic (exact) mass is 158 g/mol. The summed E-state index contributed by atoms with van der Waals surface area (Å²) in [7, 11) is 0. The van der Waals surface area contributed by atoms with Crippen LogP contribution in [-0.4, -0.2) is 30.7 Å². The topological polar surface area (TPSA) is 58.2 Å². The van der Waals surface area contributed by atoms with Gasteiger partial charge in [0.05, 0.1) is 0 Å². The molecule has 0 aliphatic heterocycles. The van der Waals surface area contributed by atoms with Gasteiger partial charge in [0.25, 0.3) is 0 Å². The summed E-state index contributed by atoms with van der Waals surface area (Å²) in [5, 5.41) is 0. The first-order chi connectivity index (χ1) is 3.41. The number of carbonyl (C=O) groups is 2. The van der Waals surface area contributed by atoms with Crippen LogP contribution in [0.3, 0.4) is 0 Å². The summed E-state index contributed by atoms with van der Waals surface area (Å²) in [5.41, 5.74) is 0. The summed E-state index contributed by atoms with van der Waals surface area (Å²) in [4.78, 5) is 18.9. The first-order valence-corrected chi connectivity index (χ1v) is 4.72. The SMILES string of the molecule is O=C[NH][GaH][NH]C=O. The van der Waals surface area contributed by atoms with Gasteiger partial charge in [-0.2, -0.15) is 0 Å². The zero-order valence-electron chi connectivity index (χ0n) is 3.68. The Kier molecular flexibility index (Phi) is 5.24. The average Bonchev–Trinajstić information content (AvgIpc) is 1.69.